The molecule has 0 aliphatic heterocycles. The van der Waals surface area contributed by atoms with E-state index in [-0.39, 0.29) is 18.2 Å². The zero-order valence-corrected chi connectivity index (χ0v) is 23.9. The summed E-state index contributed by atoms with van der Waals surface area (Å²) in [6.07, 6.45) is 0. The van der Waals surface area contributed by atoms with Gasteiger partial charge in [0.15, 0.2) is 15.3 Å². The third kappa shape index (κ3) is 7.29. The maximum atomic E-state index is 13.6. The van der Waals surface area contributed by atoms with Gasteiger partial charge in [0.05, 0.1) is 22.9 Å². The van der Waals surface area contributed by atoms with Crippen LogP contribution in [-0.4, -0.2) is 48.3 Å². The molecule has 4 aromatic rings. The van der Waals surface area contributed by atoms with Crippen LogP contribution in [0.25, 0.3) is 5.69 Å². The van der Waals surface area contributed by atoms with Crippen molar-refractivity contribution in [3.63, 3.8) is 0 Å². The molecule has 2 amide bonds. The first-order valence-electron chi connectivity index (χ1n) is 10.7. The smallest absolute Gasteiger partial charge is 0.253 e. The molecule has 0 radical (unpaired) electrons. The molecule has 0 fully saturated rings. The van der Waals surface area contributed by atoms with Gasteiger partial charge in [-0.2, -0.15) is 0 Å². The highest BCUT2D eigenvalue weighted by molar-refractivity contribution is 9.10. The Morgan fingerprint density at radius 3 is 2.65 bits per heavy atom. The summed E-state index contributed by atoms with van der Waals surface area (Å²) in [6.45, 7) is 2.02. The van der Waals surface area contributed by atoms with Gasteiger partial charge in [0.25, 0.3) is 5.91 Å². The largest absolute Gasteiger partial charge is 0.345 e. The number of benzene rings is 2. The van der Waals surface area contributed by atoms with Gasteiger partial charge in [0.1, 0.15) is 5.82 Å². The van der Waals surface area contributed by atoms with E-state index in [4.69, 9.17) is 11.6 Å². The van der Waals surface area contributed by atoms with Crippen LogP contribution in [0.2, 0.25) is 5.02 Å². The minimum atomic E-state index is -0.401. The maximum absolute atomic E-state index is 13.6. The average Bonchev–Trinajstić information content (AvgIpc) is 3.50. The molecule has 2 heterocycles. The number of anilines is 1. The molecular weight excluding hydrogens is 625 g/mol. The van der Waals surface area contributed by atoms with E-state index in [1.54, 1.807) is 46.7 Å². The van der Waals surface area contributed by atoms with E-state index in [0.29, 0.717) is 36.9 Å². The molecule has 192 valence electrons. The average molecular weight is 643 g/mol. The van der Waals surface area contributed by atoms with Crippen LogP contribution in [0.5, 0.6) is 0 Å². The van der Waals surface area contributed by atoms with Crippen molar-refractivity contribution in [1.82, 2.24) is 30.3 Å². The number of carbonyl (C=O) groups excluding carboxylic acids is 2. The molecular formula is C22H18BrClFN7O2S3. The number of amides is 2. The van der Waals surface area contributed by atoms with E-state index in [0.717, 1.165) is 21.9 Å². The summed E-state index contributed by atoms with van der Waals surface area (Å²) in [5.74, 6) is 0.181. The molecule has 0 unspecified atom stereocenters. The van der Waals surface area contributed by atoms with Crippen LogP contribution < -0.4 is 10.6 Å². The van der Waals surface area contributed by atoms with Crippen LogP contribution in [0.1, 0.15) is 23.1 Å². The lowest BCUT2D eigenvalue weighted by molar-refractivity contribution is -0.113. The van der Waals surface area contributed by atoms with Gasteiger partial charge in [-0.3, -0.25) is 19.5 Å². The Kier molecular flexibility index (Phi) is 9.54. The molecule has 0 atom stereocenters. The normalized spacial score (nSPS) is 10.9. The fraction of sp³-hybridized carbons (Fsp3) is 0.182. The lowest BCUT2D eigenvalue weighted by Crippen LogP contribution is -2.25. The topological polar surface area (TPSA) is 115 Å². The van der Waals surface area contributed by atoms with Gasteiger partial charge >= 0.3 is 0 Å². The van der Waals surface area contributed by atoms with Crippen molar-refractivity contribution >= 4 is 79.3 Å². The summed E-state index contributed by atoms with van der Waals surface area (Å²) >= 11 is 13.5. The van der Waals surface area contributed by atoms with E-state index in [2.05, 4.69) is 47.0 Å². The number of aromatic nitrogens is 5. The molecule has 0 saturated heterocycles. The number of halogens is 3. The van der Waals surface area contributed by atoms with Gasteiger partial charge in [-0.1, -0.05) is 69.3 Å². The predicted molar refractivity (Wildman–Crippen MR) is 147 cm³/mol. The monoisotopic (exact) mass is 641 g/mol. The summed E-state index contributed by atoms with van der Waals surface area (Å²) in [5, 5.41) is 23.0. The number of rotatable bonds is 10. The number of thioether (sulfide) groups is 2. The van der Waals surface area contributed by atoms with Crippen LogP contribution in [-0.2, 0) is 11.3 Å². The Bertz CT molecular complexity index is 1420. The predicted octanol–water partition coefficient (Wildman–Crippen LogP) is 5.45. The quantitative estimate of drug-likeness (QED) is 0.174. The van der Waals surface area contributed by atoms with Crippen molar-refractivity contribution in [3.05, 3.63) is 69.2 Å². The standard InChI is InChI=1S/C22H18BrClFN7O2S3/c1-2-35-22-31-29-20(37-22)27-18(33)11-36-21-30-28-17(32(21)14-6-4-13(25)5-7-14)10-26-19(34)15-9-12(23)3-8-16(15)24/h3-9H,2,10-11H2,1H3,(H,26,34)(H,27,29,33). The molecule has 2 aromatic heterocycles. The third-order valence-electron chi connectivity index (χ3n) is 4.62. The molecule has 0 aliphatic carbocycles. The van der Waals surface area contributed by atoms with Crippen LogP contribution in [0, 0.1) is 5.82 Å². The number of hydrogen-bond donors (Lipinski definition) is 2. The first-order valence-corrected chi connectivity index (χ1v) is 14.6. The summed E-state index contributed by atoms with van der Waals surface area (Å²) in [4.78, 5) is 25.2. The van der Waals surface area contributed by atoms with Crippen LogP contribution in [0.15, 0.2) is 56.4 Å². The van der Waals surface area contributed by atoms with Gasteiger partial charge in [-0.15, -0.1) is 20.4 Å². The minimum absolute atomic E-state index is 0.0153. The highest BCUT2D eigenvalue weighted by Crippen LogP contribution is 2.26. The fourth-order valence-electron chi connectivity index (χ4n) is 3.01. The van der Waals surface area contributed by atoms with E-state index in [1.165, 1.54) is 23.5 Å². The lowest BCUT2D eigenvalue weighted by atomic mass is 10.2. The second-order valence-corrected chi connectivity index (χ2v) is 11.9. The highest BCUT2D eigenvalue weighted by atomic mass is 79.9. The van der Waals surface area contributed by atoms with E-state index < -0.39 is 11.7 Å². The Labute approximate surface area is 237 Å². The Balaban J connectivity index is 1.49. The Morgan fingerprint density at radius 1 is 1.11 bits per heavy atom. The SMILES string of the molecule is CCSc1nnc(NC(=O)CSc2nnc(CNC(=O)c3cc(Br)ccc3Cl)n2-c2ccc(F)cc2)s1. The molecule has 0 bridgehead atoms. The molecule has 4 rings (SSSR count). The van der Waals surface area contributed by atoms with Crippen LogP contribution in [0.3, 0.4) is 0 Å². The van der Waals surface area contributed by atoms with Crippen molar-refractivity contribution in [2.24, 2.45) is 0 Å². The Hall–Kier alpha value is -2.52. The van der Waals surface area contributed by atoms with Gasteiger partial charge in [-0.25, -0.2) is 4.39 Å². The third-order valence-corrected chi connectivity index (χ3v) is 8.22. The summed E-state index contributed by atoms with van der Waals surface area (Å²) < 4.78 is 16.7. The van der Waals surface area contributed by atoms with Gasteiger partial charge < -0.3 is 5.32 Å². The van der Waals surface area contributed by atoms with Gasteiger partial charge in [-0.05, 0) is 48.2 Å². The van der Waals surface area contributed by atoms with Crippen molar-refractivity contribution in [1.29, 1.82) is 0 Å². The van der Waals surface area contributed by atoms with E-state index in [9.17, 15) is 14.0 Å². The number of nitrogens with one attached hydrogen (secondary N) is 2. The maximum Gasteiger partial charge on any atom is 0.253 e. The zero-order valence-electron chi connectivity index (χ0n) is 19.1. The van der Waals surface area contributed by atoms with Gasteiger partial charge in [0.2, 0.25) is 11.0 Å². The molecule has 0 aliphatic rings. The van der Waals surface area contributed by atoms with Crippen molar-refractivity contribution in [3.8, 4) is 5.69 Å². The molecule has 2 N–H and O–H groups in total. The molecule has 0 saturated carbocycles. The van der Waals surface area contributed by atoms with Gasteiger partial charge in [0, 0.05) is 10.2 Å². The molecule has 9 nitrogen and oxygen atoms in total. The second kappa shape index (κ2) is 12.8. The zero-order chi connectivity index (χ0) is 26.4. The number of hydrogen-bond acceptors (Lipinski definition) is 9. The van der Waals surface area contributed by atoms with Crippen molar-refractivity contribution < 1.29 is 14.0 Å². The summed E-state index contributed by atoms with van der Waals surface area (Å²) in [6, 6.07) is 10.7. The fourth-order valence-corrected chi connectivity index (χ4v) is 6.01. The highest BCUT2D eigenvalue weighted by Gasteiger charge is 2.19. The Morgan fingerprint density at radius 2 is 1.89 bits per heavy atom. The number of carbonyl (C=O) groups is 2. The molecule has 0 spiro atoms. The number of nitrogens with zero attached hydrogens (tertiary/aromatic N) is 5. The second-order valence-electron chi connectivity index (χ2n) is 7.16. The van der Waals surface area contributed by atoms with Crippen molar-refractivity contribution in [2.75, 3.05) is 16.8 Å². The molecule has 15 heteroatoms. The van der Waals surface area contributed by atoms with Crippen LogP contribution >= 0.6 is 62.4 Å². The van der Waals surface area contributed by atoms with E-state index >= 15 is 0 Å². The summed E-state index contributed by atoms with van der Waals surface area (Å²) in [7, 11) is 0. The molecule has 37 heavy (non-hydrogen) atoms. The van der Waals surface area contributed by atoms with Crippen LogP contribution in [0.4, 0.5) is 9.52 Å². The lowest BCUT2D eigenvalue weighted by Gasteiger charge is -2.11. The first kappa shape index (κ1) is 27.5. The molecule has 2 aromatic carbocycles. The summed E-state index contributed by atoms with van der Waals surface area (Å²) in [5.41, 5.74) is 0.872. The minimum Gasteiger partial charge on any atom is -0.345 e. The first-order chi connectivity index (χ1) is 17.8. The van der Waals surface area contributed by atoms with Crippen molar-refractivity contribution in [2.45, 2.75) is 23.0 Å². The van der Waals surface area contributed by atoms with E-state index in [1.807, 2.05) is 6.92 Å².